The van der Waals surface area contributed by atoms with E-state index < -0.39 is 5.60 Å². The Labute approximate surface area is 201 Å². The molecule has 4 aromatic rings. The number of benzene rings is 1. The van der Waals surface area contributed by atoms with Crippen molar-refractivity contribution in [3.8, 4) is 0 Å². The second-order valence-corrected chi connectivity index (χ2v) is 10.5. The highest BCUT2D eigenvalue weighted by molar-refractivity contribution is 5.76. The molecule has 5 rings (SSSR count). The van der Waals surface area contributed by atoms with Crippen molar-refractivity contribution >= 4 is 11.0 Å². The van der Waals surface area contributed by atoms with Crippen molar-refractivity contribution in [2.45, 2.75) is 45.1 Å². The van der Waals surface area contributed by atoms with Crippen molar-refractivity contribution in [2.75, 3.05) is 20.1 Å². The van der Waals surface area contributed by atoms with Crippen molar-refractivity contribution in [2.24, 2.45) is 5.41 Å². The summed E-state index contributed by atoms with van der Waals surface area (Å²) in [5, 5.41) is 13.5. The molecule has 1 atom stereocenters. The molecule has 4 heterocycles. The smallest absolute Gasteiger partial charge is 0.137 e. The summed E-state index contributed by atoms with van der Waals surface area (Å²) >= 11 is 0. The molecule has 1 aliphatic rings. The number of aromatic amines is 1. The van der Waals surface area contributed by atoms with Crippen LogP contribution in [0.3, 0.4) is 0 Å². The van der Waals surface area contributed by atoms with E-state index in [0.29, 0.717) is 5.92 Å². The molecular weight excluding hydrogens is 420 g/mol. The van der Waals surface area contributed by atoms with Crippen LogP contribution in [0.4, 0.5) is 0 Å². The molecule has 176 valence electrons. The molecule has 1 fully saturated rings. The molecule has 34 heavy (non-hydrogen) atoms. The van der Waals surface area contributed by atoms with Crippen LogP contribution >= 0.6 is 0 Å². The molecule has 1 aromatic carbocycles. The highest BCUT2D eigenvalue weighted by atomic mass is 16.3. The van der Waals surface area contributed by atoms with Gasteiger partial charge in [-0.15, -0.1) is 0 Å². The normalized spacial score (nSPS) is 17.6. The van der Waals surface area contributed by atoms with Gasteiger partial charge in [-0.1, -0.05) is 45.0 Å². The number of nitrogens with zero attached hydrogens (tertiary/aromatic N) is 3. The zero-order valence-electron chi connectivity index (χ0n) is 20.5. The summed E-state index contributed by atoms with van der Waals surface area (Å²) in [6.45, 7) is 8.25. The molecule has 5 nitrogen and oxygen atoms in total. The predicted octanol–water partition coefficient (Wildman–Crippen LogP) is 5.05. The molecule has 5 heteroatoms. The van der Waals surface area contributed by atoms with E-state index in [9.17, 15) is 5.11 Å². The van der Waals surface area contributed by atoms with Gasteiger partial charge in [0.05, 0.1) is 0 Å². The lowest BCUT2D eigenvalue weighted by Gasteiger charge is -2.56. The average Bonchev–Trinajstić information content (AvgIpc) is 3.24. The van der Waals surface area contributed by atoms with E-state index in [1.54, 1.807) is 0 Å². The number of H-pyrrole nitrogens is 1. The highest BCUT2D eigenvalue weighted by Gasteiger charge is 2.55. The first-order valence-electron chi connectivity index (χ1n) is 12.2. The number of hydrogen-bond acceptors (Lipinski definition) is 4. The number of fused-ring (bicyclic) bond motifs is 1. The Morgan fingerprint density at radius 1 is 1.06 bits per heavy atom. The van der Waals surface area contributed by atoms with Gasteiger partial charge in [-0.2, -0.15) is 0 Å². The molecule has 0 radical (unpaired) electrons. The zero-order valence-corrected chi connectivity index (χ0v) is 20.5. The van der Waals surface area contributed by atoms with Crippen LogP contribution < -0.4 is 0 Å². The maximum atomic E-state index is 12.4. The van der Waals surface area contributed by atoms with Crippen LogP contribution in [0.25, 0.3) is 11.0 Å². The predicted molar refractivity (Wildman–Crippen MR) is 137 cm³/mol. The summed E-state index contributed by atoms with van der Waals surface area (Å²) in [5.74, 6) is 0.456. The molecule has 0 unspecified atom stereocenters. The fourth-order valence-electron chi connectivity index (χ4n) is 5.60. The quantitative estimate of drug-likeness (QED) is 0.410. The summed E-state index contributed by atoms with van der Waals surface area (Å²) in [6, 6.07) is 16.8. The maximum Gasteiger partial charge on any atom is 0.137 e. The van der Waals surface area contributed by atoms with Gasteiger partial charge in [-0.3, -0.25) is 4.98 Å². The Morgan fingerprint density at radius 3 is 2.50 bits per heavy atom. The molecule has 0 saturated carbocycles. The highest BCUT2D eigenvalue weighted by Crippen LogP contribution is 2.50. The van der Waals surface area contributed by atoms with Crippen molar-refractivity contribution in [1.82, 2.24) is 19.9 Å². The topological polar surface area (TPSA) is 65.0 Å². The van der Waals surface area contributed by atoms with E-state index in [2.05, 4.69) is 90.1 Å². The van der Waals surface area contributed by atoms with E-state index >= 15 is 0 Å². The lowest BCUT2D eigenvalue weighted by molar-refractivity contribution is -0.127. The standard InChI is InChI=1S/C29H34N4O/c1-20(2)22-8-10-24(11-9-22)29(34,28(3)18-33(4)19-28)25-14-21(16-30-17-25)7-12-26-15-23-6-5-13-31-27(23)32-26/h5-6,8-11,13-17,20,34H,7,12,18-19H2,1-4H3,(H,31,32)/t29-/m0/s1. The monoisotopic (exact) mass is 454 g/mol. The lowest BCUT2D eigenvalue weighted by atomic mass is 9.62. The number of likely N-dealkylation sites (tertiary alicyclic amines) is 1. The molecule has 1 aliphatic heterocycles. The average molecular weight is 455 g/mol. The fourth-order valence-corrected chi connectivity index (χ4v) is 5.60. The summed E-state index contributed by atoms with van der Waals surface area (Å²) in [5.41, 5.74) is 4.90. The Bertz CT molecular complexity index is 1250. The second kappa shape index (κ2) is 8.64. The van der Waals surface area contributed by atoms with E-state index in [4.69, 9.17) is 0 Å². The number of aryl methyl sites for hydroxylation is 2. The van der Waals surface area contributed by atoms with Crippen LogP contribution in [-0.2, 0) is 18.4 Å². The minimum Gasteiger partial charge on any atom is -0.380 e. The van der Waals surface area contributed by atoms with Crippen LogP contribution in [0.2, 0.25) is 0 Å². The number of nitrogens with one attached hydrogen (secondary N) is 1. The van der Waals surface area contributed by atoms with Crippen LogP contribution in [0, 0.1) is 5.41 Å². The van der Waals surface area contributed by atoms with Crippen molar-refractivity contribution in [1.29, 1.82) is 0 Å². The molecule has 0 bridgehead atoms. The molecule has 1 saturated heterocycles. The van der Waals surface area contributed by atoms with E-state index in [-0.39, 0.29) is 5.41 Å². The van der Waals surface area contributed by atoms with Gasteiger partial charge in [0, 0.05) is 53.7 Å². The molecule has 0 spiro atoms. The van der Waals surface area contributed by atoms with Gasteiger partial charge >= 0.3 is 0 Å². The molecule has 0 amide bonds. The number of aliphatic hydroxyl groups is 1. The summed E-state index contributed by atoms with van der Waals surface area (Å²) in [6.07, 6.45) is 7.27. The largest absolute Gasteiger partial charge is 0.380 e. The van der Waals surface area contributed by atoms with E-state index in [0.717, 1.165) is 59.3 Å². The third-order valence-corrected chi connectivity index (χ3v) is 7.45. The Morgan fingerprint density at radius 2 is 1.82 bits per heavy atom. The van der Waals surface area contributed by atoms with Gasteiger partial charge in [0.25, 0.3) is 0 Å². The third kappa shape index (κ3) is 3.93. The van der Waals surface area contributed by atoms with Gasteiger partial charge in [0.15, 0.2) is 0 Å². The van der Waals surface area contributed by atoms with E-state index in [1.165, 1.54) is 5.56 Å². The molecule has 3 aromatic heterocycles. The van der Waals surface area contributed by atoms with Gasteiger partial charge in [0.2, 0.25) is 0 Å². The summed E-state index contributed by atoms with van der Waals surface area (Å²) in [4.78, 5) is 14.6. The zero-order chi connectivity index (χ0) is 23.9. The summed E-state index contributed by atoms with van der Waals surface area (Å²) in [7, 11) is 2.11. The number of hydrogen-bond donors (Lipinski definition) is 2. The fraction of sp³-hybridized carbons (Fsp3) is 0.379. The SMILES string of the molecule is CC(C)c1ccc([C@](O)(c2cncc(CCc3cc4cccnc4[nH]3)c2)C2(C)CN(C)C2)cc1. The second-order valence-electron chi connectivity index (χ2n) is 10.5. The van der Waals surface area contributed by atoms with Gasteiger partial charge in [0.1, 0.15) is 11.2 Å². The first-order chi connectivity index (χ1) is 16.3. The lowest BCUT2D eigenvalue weighted by Crippen LogP contribution is -2.63. The number of aromatic nitrogens is 3. The molecular formula is C29H34N4O. The molecule has 2 N–H and O–H groups in total. The van der Waals surface area contributed by atoms with Gasteiger partial charge in [-0.05, 0) is 66.8 Å². The van der Waals surface area contributed by atoms with Crippen LogP contribution in [0.15, 0.2) is 67.1 Å². The Kier molecular flexibility index (Phi) is 5.78. The first kappa shape index (κ1) is 22.8. The van der Waals surface area contributed by atoms with Gasteiger partial charge < -0.3 is 15.0 Å². The Hall–Kier alpha value is -3.02. The van der Waals surface area contributed by atoms with Crippen molar-refractivity contribution in [3.05, 3.63) is 95.1 Å². The van der Waals surface area contributed by atoms with Crippen LogP contribution in [0.5, 0.6) is 0 Å². The van der Waals surface area contributed by atoms with Crippen LogP contribution in [-0.4, -0.2) is 45.1 Å². The minimum atomic E-state index is -1.11. The van der Waals surface area contributed by atoms with Crippen molar-refractivity contribution < 1.29 is 5.11 Å². The van der Waals surface area contributed by atoms with Crippen LogP contribution in [0.1, 0.15) is 54.6 Å². The number of rotatable bonds is 7. The first-order valence-corrected chi connectivity index (χ1v) is 12.2. The van der Waals surface area contributed by atoms with Gasteiger partial charge in [-0.25, -0.2) is 4.98 Å². The maximum absolute atomic E-state index is 12.4. The number of pyridine rings is 2. The van der Waals surface area contributed by atoms with E-state index in [1.807, 2.05) is 24.7 Å². The van der Waals surface area contributed by atoms with Crippen molar-refractivity contribution in [3.63, 3.8) is 0 Å². The third-order valence-electron chi connectivity index (χ3n) is 7.45. The molecule has 0 aliphatic carbocycles. The Balaban J connectivity index is 1.46. The summed E-state index contributed by atoms with van der Waals surface area (Å²) < 4.78 is 0. The minimum absolute atomic E-state index is 0.287.